The van der Waals surface area contributed by atoms with Crippen molar-refractivity contribution in [2.75, 3.05) is 0 Å². The van der Waals surface area contributed by atoms with E-state index < -0.39 is 0 Å². The third-order valence-electron chi connectivity index (χ3n) is 2.49. The molecule has 0 unspecified atom stereocenters. The molecule has 0 radical (unpaired) electrons. The van der Waals surface area contributed by atoms with Crippen molar-refractivity contribution in [3.05, 3.63) is 53.4 Å². The van der Waals surface area contributed by atoms with Crippen LogP contribution in [0.3, 0.4) is 0 Å². The Bertz CT molecular complexity index is 682. The summed E-state index contributed by atoms with van der Waals surface area (Å²) in [5.41, 5.74) is 3.21. The van der Waals surface area contributed by atoms with Crippen LogP contribution in [0.25, 0.3) is 16.8 Å². The Morgan fingerprint density at radius 3 is 2.69 bits per heavy atom. The lowest BCUT2D eigenvalue weighted by atomic mass is 10.1. The van der Waals surface area contributed by atoms with Gasteiger partial charge in [-0.15, -0.1) is 0 Å². The lowest BCUT2D eigenvalue weighted by Crippen LogP contribution is -1.90. The normalized spacial score (nSPS) is 10.8. The molecule has 0 saturated heterocycles. The van der Waals surface area contributed by atoms with E-state index in [1.165, 1.54) is 0 Å². The van der Waals surface area contributed by atoms with E-state index in [0.29, 0.717) is 4.77 Å². The zero-order valence-electron chi connectivity index (χ0n) is 8.42. The standard InChI is InChI=1S/C12H9N3S/c16-12-13-7-6-10-8-11(14-15(10)12)9-4-2-1-3-5-9/h1-8,14H. The highest BCUT2D eigenvalue weighted by Crippen LogP contribution is 2.18. The minimum atomic E-state index is 0.541. The summed E-state index contributed by atoms with van der Waals surface area (Å²) in [5, 5.41) is 3.23. The molecule has 0 atom stereocenters. The Kier molecular flexibility index (Phi) is 2.08. The Morgan fingerprint density at radius 1 is 1.12 bits per heavy atom. The van der Waals surface area contributed by atoms with Gasteiger partial charge in [-0.05, 0) is 29.9 Å². The van der Waals surface area contributed by atoms with Crippen LogP contribution in [0.2, 0.25) is 0 Å². The van der Waals surface area contributed by atoms with Crippen LogP contribution in [-0.4, -0.2) is 14.6 Å². The van der Waals surface area contributed by atoms with Crippen LogP contribution in [0.5, 0.6) is 0 Å². The van der Waals surface area contributed by atoms with E-state index in [9.17, 15) is 0 Å². The topological polar surface area (TPSA) is 33.1 Å². The van der Waals surface area contributed by atoms with Crippen molar-refractivity contribution < 1.29 is 0 Å². The van der Waals surface area contributed by atoms with Crippen LogP contribution in [0.4, 0.5) is 0 Å². The van der Waals surface area contributed by atoms with Crippen molar-refractivity contribution in [1.82, 2.24) is 14.6 Å². The summed E-state index contributed by atoms with van der Waals surface area (Å²) < 4.78 is 2.34. The highest BCUT2D eigenvalue weighted by atomic mass is 32.1. The third-order valence-corrected chi connectivity index (χ3v) is 2.78. The Labute approximate surface area is 97.4 Å². The largest absolute Gasteiger partial charge is 0.291 e. The predicted molar refractivity (Wildman–Crippen MR) is 65.8 cm³/mol. The van der Waals surface area contributed by atoms with Crippen LogP contribution in [0.1, 0.15) is 0 Å². The van der Waals surface area contributed by atoms with E-state index in [1.807, 2.05) is 24.3 Å². The summed E-state index contributed by atoms with van der Waals surface area (Å²) in [5.74, 6) is 0. The van der Waals surface area contributed by atoms with Gasteiger partial charge < -0.3 is 0 Å². The number of benzene rings is 1. The van der Waals surface area contributed by atoms with Gasteiger partial charge in [0, 0.05) is 6.20 Å². The number of H-pyrrole nitrogens is 1. The summed E-state index contributed by atoms with van der Waals surface area (Å²) >= 11 is 5.14. The minimum Gasteiger partial charge on any atom is -0.291 e. The van der Waals surface area contributed by atoms with E-state index in [4.69, 9.17) is 12.2 Å². The van der Waals surface area contributed by atoms with Gasteiger partial charge in [-0.1, -0.05) is 30.3 Å². The molecule has 0 aliphatic heterocycles. The number of nitrogens with zero attached hydrogens (tertiary/aromatic N) is 2. The maximum Gasteiger partial charge on any atom is 0.219 e. The molecule has 0 aliphatic rings. The SMILES string of the molecule is S=c1nccc2cc(-c3ccccc3)[nH]n12. The Hall–Kier alpha value is -1.94. The first kappa shape index (κ1) is 9.30. The summed E-state index contributed by atoms with van der Waals surface area (Å²) in [6.45, 7) is 0. The van der Waals surface area contributed by atoms with Crippen molar-refractivity contribution in [3.63, 3.8) is 0 Å². The first-order chi connectivity index (χ1) is 7.84. The molecule has 2 heterocycles. The minimum absolute atomic E-state index is 0.541. The van der Waals surface area contributed by atoms with E-state index in [0.717, 1.165) is 16.8 Å². The molecular formula is C12H9N3S. The summed E-state index contributed by atoms with van der Waals surface area (Å²) in [6.07, 6.45) is 1.72. The molecule has 78 valence electrons. The highest BCUT2D eigenvalue weighted by Gasteiger charge is 2.02. The van der Waals surface area contributed by atoms with Gasteiger partial charge in [0.2, 0.25) is 4.77 Å². The van der Waals surface area contributed by atoms with Crippen molar-refractivity contribution in [3.8, 4) is 11.3 Å². The molecule has 0 saturated carbocycles. The molecule has 4 heteroatoms. The average molecular weight is 227 g/mol. The zero-order valence-corrected chi connectivity index (χ0v) is 9.24. The molecule has 16 heavy (non-hydrogen) atoms. The Balaban J connectivity index is 2.28. The van der Waals surface area contributed by atoms with E-state index >= 15 is 0 Å². The molecular weight excluding hydrogens is 218 g/mol. The van der Waals surface area contributed by atoms with Crippen LogP contribution >= 0.6 is 12.2 Å². The molecule has 3 aromatic rings. The number of hydrogen-bond donors (Lipinski definition) is 1. The molecule has 3 nitrogen and oxygen atoms in total. The lowest BCUT2D eigenvalue weighted by molar-refractivity contribution is 0.905. The maximum absolute atomic E-state index is 5.14. The number of rotatable bonds is 1. The molecule has 0 bridgehead atoms. The molecule has 2 aromatic heterocycles. The van der Waals surface area contributed by atoms with Gasteiger partial charge in [-0.25, -0.2) is 9.50 Å². The second kappa shape index (κ2) is 3.57. The van der Waals surface area contributed by atoms with Crippen LogP contribution in [0, 0.1) is 4.77 Å². The first-order valence-corrected chi connectivity index (χ1v) is 5.38. The fraction of sp³-hybridized carbons (Fsp3) is 0. The average Bonchev–Trinajstić information content (AvgIpc) is 2.76. The molecule has 0 spiro atoms. The van der Waals surface area contributed by atoms with Crippen molar-refractivity contribution in [1.29, 1.82) is 0 Å². The molecule has 1 aromatic carbocycles. The van der Waals surface area contributed by atoms with Gasteiger partial charge in [0.05, 0.1) is 11.2 Å². The van der Waals surface area contributed by atoms with Crippen molar-refractivity contribution in [2.45, 2.75) is 0 Å². The van der Waals surface area contributed by atoms with Crippen molar-refractivity contribution >= 4 is 17.7 Å². The zero-order chi connectivity index (χ0) is 11.0. The second-order valence-electron chi connectivity index (χ2n) is 3.52. The fourth-order valence-corrected chi connectivity index (χ4v) is 1.92. The van der Waals surface area contributed by atoms with E-state index in [-0.39, 0.29) is 0 Å². The quantitative estimate of drug-likeness (QED) is 0.648. The smallest absolute Gasteiger partial charge is 0.219 e. The van der Waals surface area contributed by atoms with Gasteiger partial charge in [-0.2, -0.15) is 0 Å². The van der Waals surface area contributed by atoms with Gasteiger partial charge in [0.15, 0.2) is 0 Å². The number of nitrogens with one attached hydrogen (secondary N) is 1. The van der Waals surface area contributed by atoms with Crippen molar-refractivity contribution in [2.24, 2.45) is 0 Å². The molecule has 0 amide bonds. The fourth-order valence-electron chi connectivity index (χ4n) is 1.71. The lowest BCUT2D eigenvalue weighted by Gasteiger charge is -1.95. The van der Waals surface area contributed by atoms with Gasteiger partial charge in [0.1, 0.15) is 0 Å². The molecule has 3 rings (SSSR count). The van der Waals surface area contributed by atoms with Gasteiger partial charge in [0.25, 0.3) is 0 Å². The number of aromatic nitrogens is 3. The molecule has 0 aliphatic carbocycles. The summed E-state index contributed by atoms with van der Waals surface area (Å²) in [6, 6.07) is 14.1. The molecule has 0 fully saturated rings. The van der Waals surface area contributed by atoms with Gasteiger partial charge in [-0.3, -0.25) is 5.10 Å². The number of aromatic amines is 1. The monoisotopic (exact) mass is 227 g/mol. The number of fused-ring (bicyclic) bond motifs is 1. The number of hydrogen-bond acceptors (Lipinski definition) is 2. The Morgan fingerprint density at radius 2 is 1.94 bits per heavy atom. The first-order valence-electron chi connectivity index (χ1n) is 4.97. The predicted octanol–water partition coefficient (Wildman–Crippen LogP) is 3.06. The van der Waals surface area contributed by atoms with Gasteiger partial charge >= 0.3 is 0 Å². The van der Waals surface area contributed by atoms with E-state index in [2.05, 4.69) is 28.3 Å². The summed E-state index contributed by atoms with van der Waals surface area (Å²) in [4.78, 5) is 4.06. The second-order valence-corrected chi connectivity index (χ2v) is 3.89. The highest BCUT2D eigenvalue weighted by molar-refractivity contribution is 7.71. The third kappa shape index (κ3) is 1.44. The maximum atomic E-state index is 5.14. The van der Waals surface area contributed by atoms with Crippen LogP contribution in [0.15, 0.2) is 48.7 Å². The summed E-state index contributed by atoms with van der Waals surface area (Å²) in [7, 11) is 0. The molecule has 1 N–H and O–H groups in total. The van der Waals surface area contributed by atoms with Crippen LogP contribution < -0.4 is 0 Å². The van der Waals surface area contributed by atoms with Crippen LogP contribution in [-0.2, 0) is 0 Å². The van der Waals surface area contributed by atoms with E-state index in [1.54, 1.807) is 10.7 Å².